The maximum absolute atomic E-state index is 13.0. The van der Waals surface area contributed by atoms with Gasteiger partial charge in [0.25, 0.3) is 5.91 Å². The fraction of sp³-hybridized carbons (Fsp3) is 0.0769. The van der Waals surface area contributed by atoms with Gasteiger partial charge < -0.3 is 10.1 Å². The zero-order valence-corrected chi connectivity index (χ0v) is 18.5. The summed E-state index contributed by atoms with van der Waals surface area (Å²) < 4.78 is 5.00. The van der Waals surface area contributed by atoms with E-state index in [0.29, 0.717) is 11.1 Å². The zero-order chi connectivity index (χ0) is 23.4. The van der Waals surface area contributed by atoms with Crippen LogP contribution in [0, 0.1) is 0 Å². The summed E-state index contributed by atoms with van der Waals surface area (Å²) in [6, 6.07) is 18.9. The number of hydrogen-bond donors (Lipinski definition) is 1. The average molecular weight is 458 g/mol. The Morgan fingerprint density at radius 2 is 1.55 bits per heavy atom. The van der Waals surface area contributed by atoms with Gasteiger partial charge >= 0.3 is 5.97 Å². The molecule has 7 heteroatoms. The Morgan fingerprint density at radius 1 is 0.879 bits per heavy atom. The number of anilines is 1. The summed E-state index contributed by atoms with van der Waals surface area (Å²) in [5.41, 5.74) is 2.01. The standard InChI is InChI=1S/C26H19NO5S/c1-33-17-12-9-16(10-13-17)11-14-23(29)32-15-22(28)27-21-8-4-7-20-24(21)26(31)19-6-3-2-5-18(19)25(20)30/h2-14H,15H2,1H3,(H,27,28)/b14-11+. The first kappa shape index (κ1) is 22.2. The first-order valence-corrected chi connectivity index (χ1v) is 11.3. The van der Waals surface area contributed by atoms with Crippen LogP contribution in [-0.4, -0.2) is 36.3 Å². The summed E-state index contributed by atoms with van der Waals surface area (Å²) in [5, 5.41) is 2.58. The van der Waals surface area contributed by atoms with Crippen LogP contribution in [0.3, 0.4) is 0 Å². The van der Waals surface area contributed by atoms with Crippen LogP contribution in [0.5, 0.6) is 0 Å². The average Bonchev–Trinajstić information content (AvgIpc) is 2.85. The molecule has 0 aromatic heterocycles. The van der Waals surface area contributed by atoms with Crippen LogP contribution in [0.4, 0.5) is 5.69 Å². The van der Waals surface area contributed by atoms with Gasteiger partial charge in [0.2, 0.25) is 0 Å². The number of ketones is 2. The smallest absolute Gasteiger partial charge is 0.331 e. The van der Waals surface area contributed by atoms with E-state index in [-0.39, 0.29) is 28.4 Å². The second-order valence-corrected chi connectivity index (χ2v) is 8.07. The second kappa shape index (κ2) is 9.67. The van der Waals surface area contributed by atoms with Crippen LogP contribution < -0.4 is 5.32 Å². The Labute approximate surface area is 194 Å². The van der Waals surface area contributed by atoms with Gasteiger partial charge in [-0.25, -0.2) is 4.79 Å². The van der Waals surface area contributed by atoms with Crippen molar-refractivity contribution in [3.63, 3.8) is 0 Å². The van der Waals surface area contributed by atoms with E-state index in [0.717, 1.165) is 10.5 Å². The predicted molar refractivity (Wildman–Crippen MR) is 127 cm³/mol. The fourth-order valence-electron chi connectivity index (χ4n) is 3.50. The number of amides is 1. The molecule has 0 heterocycles. The molecule has 164 valence electrons. The molecule has 0 aliphatic heterocycles. The molecule has 3 aromatic rings. The normalized spacial score (nSPS) is 12.3. The Bertz CT molecular complexity index is 1290. The lowest BCUT2D eigenvalue weighted by molar-refractivity contribution is -0.142. The SMILES string of the molecule is CSc1ccc(/C=C/C(=O)OCC(=O)Nc2cccc3c2C(=O)c2ccccc2C3=O)cc1. The van der Waals surface area contributed by atoms with Gasteiger partial charge in [0.1, 0.15) is 0 Å². The van der Waals surface area contributed by atoms with Crippen LogP contribution in [0.25, 0.3) is 6.08 Å². The van der Waals surface area contributed by atoms with Crippen molar-refractivity contribution in [1.29, 1.82) is 0 Å². The molecule has 4 rings (SSSR count). The second-order valence-electron chi connectivity index (χ2n) is 7.19. The Kier molecular flexibility index (Phi) is 6.51. The first-order chi connectivity index (χ1) is 16.0. The van der Waals surface area contributed by atoms with Crippen LogP contribution >= 0.6 is 11.8 Å². The monoisotopic (exact) mass is 457 g/mol. The third-order valence-electron chi connectivity index (χ3n) is 5.10. The molecule has 0 spiro atoms. The number of carbonyl (C=O) groups is 4. The van der Waals surface area contributed by atoms with E-state index >= 15 is 0 Å². The summed E-state index contributed by atoms with van der Waals surface area (Å²) in [6.45, 7) is -0.531. The van der Waals surface area contributed by atoms with E-state index in [2.05, 4.69) is 5.32 Å². The number of rotatable bonds is 6. The predicted octanol–water partition coefficient (Wildman–Crippen LogP) is 4.38. The maximum Gasteiger partial charge on any atom is 0.331 e. The third-order valence-corrected chi connectivity index (χ3v) is 5.84. The number of ether oxygens (including phenoxy) is 1. The molecular weight excluding hydrogens is 438 g/mol. The van der Waals surface area contributed by atoms with Crippen LogP contribution in [0.2, 0.25) is 0 Å². The zero-order valence-electron chi connectivity index (χ0n) is 17.7. The van der Waals surface area contributed by atoms with Gasteiger partial charge in [-0.15, -0.1) is 11.8 Å². The largest absolute Gasteiger partial charge is 0.452 e. The molecule has 0 radical (unpaired) electrons. The quantitative estimate of drug-likeness (QED) is 0.263. The van der Waals surface area contributed by atoms with Crippen molar-refractivity contribution in [3.05, 3.63) is 101 Å². The van der Waals surface area contributed by atoms with Gasteiger partial charge in [-0.2, -0.15) is 0 Å². The number of fused-ring (bicyclic) bond motifs is 2. The molecule has 0 saturated carbocycles. The van der Waals surface area contributed by atoms with Crippen molar-refractivity contribution in [1.82, 2.24) is 0 Å². The topological polar surface area (TPSA) is 89.5 Å². The fourth-order valence-corrected chi connectivity index (χ4v) is 3.91. The molecule has 1 aliphatic rings. The van der Waals surface area contributed by atoms with Crippen molar-refractivity contribution in [3.8, 4) is 0 Å². The van der Waals surface area contributed by atoms with E-state index in [1.54, 1.807) is 54.2 Å². The van der Waals surface area contributed by atoms with E-state index < -0.39 is 18.5 Å². The van der Waals surface area contributed by atoms with Crippen molar-refractivity contribution < 1.29 is 23.9 Å². The first-order valence-electron chi connectivity index (χ1n) is 10.1. The van der Waals surface area contributed by atoms with Crippen LogP contribution in [0.15, 0.2) is 77.7 Å². The van der Waals surface area contributed by atoms with Crippen molar-refractivity contribution in [2.24, 2.45) is 0 Å². The number of thioether (sulfide) groups is 1. The number of nitrogens with one attached hydrogen (secondary N) is 1. The number of carbonyl (C=O) groups excluding carboxylic acids is 4. The number of esters is 1. The van der Waals surface area contributed by atoms with Crippen molar-refractivity contribution >= 4 is 47.0 Å². The summed E-state index contributed by atoms with van der Waals surface area (Å²) in [5.74, 6) is -1.91. The molecule has 6 nitrogen and oxygen atoms in total. The van der Waals surface area contributed by atoms with Gasteiger partial charge in [-0.3, -0.25) is 14.4 Å². The number of benzene rings is 3. The summed E-state index contributed by atoms with van der Waals surface area (Å²) >= 11 is 1.62. The summed E-state index contributed by atoms with van der Waals surface area (Å²) in [4.78, 5) is 51.2. The Balaban J connectivity index is 1.41. The van der Waals surface area contributed by atoms with E-state index in [9.17, 15) is 19.2 Å². The molecule has 1 aliphatic carbocycles. The molecule has 33 heavy (non-hydrogen) atoms. The number of hydrogen-bond acceptors (Lipinski definition) is 6. The van der Waals surface area contributed by atoms with E-state index in [1.165, 1.54) is 12.1 Å². The third kappa shape index (κ3) is 4.78. The van der Waals surface area contributed by atoms with Gasteiger partial charge in [-0.1, -0.05) is 48.5 Å². The molecule has 0 saturated heterocycles. The van der Waals surface area contributed by atoms with Gasteiger partial charge in [0, 0.05) is 27.7 Å². The molecule has 0 atom stereocenters. The Hall–Kier alpha value is -3.97. The molecule has 1 N–H and O–H groups in total. The Morgan fingerprint density at radius 3 is 2.24 bits per heavy atom. The summed E-state index contributed by atoms with van der Waals surface area (Å²) in [7, 11) is 0. The highest BCUT2D eigenvalue weighted by atomic mass is 32.2. The highest BCUT2D eigenvalue weighted by molar-refractivity contribution is 7.98. The lowest BCUT2D eigenvalue weighted by Crippen LogP contribution is -2.25. The molecule has 3 aromatic carbocycles. The lowest BCUT2D eigenvalue weighted by Gasteiger charge is -2.20. The van der Waals surface area contributed by atoms with Gasteiger partial charge in [0.15, 0.2) is 18.2 Å². The molecule has 0 bridgehead atoms. The minimum absolute atomic E-state index is 0.134. The van der Waals surface area contributed by atoms with E-state index in [1.807, 2.05) is 30.5 Å². The van der Waals surface area contributed by atoms with E-state index in [4.69, 9.17) is 4.74 Å². The van der Waals surface area contributed by atoms with Crippen LogP contribution in [-0.2, 0) is 14.3 Å². The van der Waals surface area contributed by atoms with Crippen LogP contribution in [0.1, 0.15) is 37.4 Å². The highest BCUT2D eigenvalue weighted by Gasteiger charge is 2.31. The molecular formula is C26H19NO5S. The lowest BCUT2D eigenvalue weighted by atomic mass is 9.83. The molecule has 1 amide bonds. The molecule has 0 fully saturated rings. The van der Waals surface area contributed by atoms with Gasteiger partial charge in [0.05, 0.1) is 11.3 Å². The summed E-state index contributed by atoms with van der Waals surface area (Å²) in [6.07, 6.45) is 4.82. The minimum Gasteiger partial charge on any atom is -0.452 e. The minimum atomic E-state index is -0.672. The van der Waals surface area contributed by atoms with Crippen molar-refractivity contribution in [2.45, 2.75) is 4.90 Å². The maximum atomic E-state index is 13.0. The highest BCUT2D eigenvalue weighted by Crippen LogP contribution is 2.31. The molecule has 0 unspecified atom stereocenters. The van der Waals surface area contributed by atoms with Gasteiger partial charge in [-0.05, 0) is 36.1 Å². The van der Waals surface area contributed by atoms with Crippen molar-refractivity contribution in [2.75, 3.05) is 18.2 Å².